The fourth-order valence-electron chi connectivity index (χ4n) is 1.93. The van der Waals surface area contributed by atoms with Crippen LogP contribution < -0.4 is 5.32 Å². The monoisotopic (exact) mass is 225 g/mol. The van der Waals surface area contributed by atoms with Gasteiger partial charge in [-0.3, -0.25) is 0 Å². The molecule has 0 aromatic carbocycles. The van der Waals surface area contributed by atoms with Gasteiger partial charge in [0.2, 0.25) is 0 Å². The van der Waals surface area contributed by atoms with Crippen molar-refractivity contribution in [2.24, 2.45) is 0 Å². The van der Waals surface area contributed by atoms with Crippen LogP contribution in [0.4, 0.5) is 0 Å². The van der Waals surface area contributed by atoms with E-state index < -0.39 is 6.10 Å². The third kappa shape index (κ3) is 3.33. The van der Waals surface area contributed by atoms with E-state index in [2.05, 4.69) is 5.32 Å². The summed E-state index contributed by atoms with van der Waals surface area (Å²) in [6.07, 6.45) is 4.83. The molecule has 16 heavy (non-hydrogen) atoms. The highest BCUT2D eigenvalue weighted by molar-refractivity contribution is 5.02. The van der Waals surface area contributed by atoms with Crippen LogP contribution in [0.5, 0.6) is 0 Å². The summed E-state index contributed by atoms with van der Waals surface area (Å²) in [4.78, 5) is 0. The van der Waals surface area contributed by atoms with Crippen molar-refractivity contribution >= 4 is 0 Å². The summed E-state index contributed by atoms with van der Waals surface area (Å²) in [5.41, 5.74) is 0. The normalized spacial score (nSPS) is 23.2. The van der Waals surface area contributed by atoms with Crippen LogP contribution in [0.1, 0.15) is 31.1 Å². The zero-order valence-electron chi connectivity index (χ0n) is 9.39. The molecule has 90 valence electrons. The topological polar surface area (TPSA) is 54.6 Å². The number of ether oxygens (including phenoxy) is 1. The first-order valence-corrected chi connectivity index (χ1v) is 5.90. The van der Waals surface area contributed by atoms with Crippen LogP contribution in [0.3, 0.4) is 0 Å². The molecule has 0 radical (unpaired) electrons. The molecule has 1 fully saturated rings. The van der Waals surface area contributed by atoms with Gasteiger partial charge in [-0.05, 0) is 31.4 Å². The second kappa shape index (κ2) is 6.03. The molecule has 2 unspecified atom stereocenters. The average molecular weight is 225 g/mol. The largest absolute Gasteiger partial charge is 0.467 e. The second-order valence-electron chi connectivity index (χ2n) is 4.18. The smallest absolute Gasteiger partial charge is 0.133 e. The quantitative estimate of drug-likeness (QED) is 0.796. The minimum atomic E-state index is -0.571. The molecule has 0 saturated carbocycles. The highest BCUT2D eigenvalue weighted by Crippen LogP contribution is 2.13. The van der Waals surface area contributed by atoms with Gasteiger partial charge in [-0.2, -0.15) is 0 Å². The maximum atomic E-state index is 9.74. The molecule has 4 nitrogen and oxygen atoms in total. The van der Waals surface area contributed by atoms with E-state index in [4.69, 9.17) is 9.15 Å². The number of aliphatic hydroxyl groups is 1. The summed E-state index contributed by atoms with van der Waals surface area (Å²) < 4.78 is 10.7. The Morgan fingerprint density at radius 1 is 1.50 bits per heavy atom. The summed E-state index contributed by atoms with van der Waals surface area (Å²) in [6.45, 7) is 2.18. The summed E-state index contributed by atoms with van der Waals surface area (Å²) in [5.74, 6) is 0.608. The van der Waals surface area contributed by atoms with Gasteiger partial charge < -0.3 is 19.6 Å². The maximum Gasteiger partial charge on any atom is 0.133 e. The van der Waals surface area contributed by atoms with E-state index in [1.807, 2.05) is 0 Å². The number of nitrogens with one attached hydrogen (secondary N) is 1. The van der Waals surface area contributed by atoms with Gasteiger partial charge in [-0.1, -0.05) is 0 Å². The summed E-state index contributed by atoms with van der Waals surface area (Å²) >= 11 is 0. The standard InChI is InChI=1S/C12H19NO3/c14-11(12-5-3-7-16-12)9-13-8-10-4-1-2-6-15-10/h3,5,7,10-11,13-14H,1-2,4,6,8-9H2. The molecule has 2 N–H and O–H groups in total. The Labute approximate surface area is 95.6 Å². The fraction of sp³-hybridized carbons (Fsp3) is 0.667. The third-order valence-corrected chi connectivity index (χ3v) is 2.86. The van der Waals surface area contributed by atoms with Crippen molar-refractivity contribution in [1.29, 1.82) is 0 Å². The number of aliphatic hydroxyl groups excluding tert-OH is 1. The average Bonchev–Trinajstić information content (AvgIpc) is 2.84. The lowest BCUT2D eigenvalue weighted by molar-refractivity contribution is 0.0148. The van der Waals surface area contributed by atoms with Gasteiger partial charge in [0, 0.05) is 19.7 Å². The molecule has 4 heteroatoms. The van der Waals surface area contributed by atoms with E-state index >= 15 is 0 Å². The lowest BCUT2D eigenvalue weighted by Crippen LogP contribution is -2.33. The first kappa shape index (κ1) is 11.6. The van der Waals surface area contributed by atoms with E-state index in [1.54, 1.807) is 18.4 Å². The highest BCUT2D eigenvalue weighted by atomic mass is 16.5. The van der Waals surface area contributed by atoms with Crippen LogP contribution in [-0.2, 0) is 4.74 Å². The Balaban J connectivity index is 1.63. The van der Waals surface area contributed by atoms with Crippen LogP contribution in [0.2, 0.25) is 0 Å². The van der Waals surface area contributed by atoms with Crippen LogP contribution >= 0.6 is 0 Å². The van der Waals surface area contributed by atoms with Crippen LogP contribution in [0.15, 0.2) is 22.8 Å². The van der Waals surface area contributed by atoms with Gasteiger partial charge in [0.1, 0.15) is 11.9 Å². The Kier molecular flexibility index (Phi) is 4.39. The predicted octanol–water partition coefficient (Wildman–Crippen LogP) is 1.47. The van der Waals surface area contributed by atoms with E-state index in [-0.39, 0.29) is 0 Å². The Morgan fingerprint density at radius 3 is 3.12 bits per heavy atom. The molecule has 2 rings (SSSR count). The zero-order chi connectivity index (χ0) is 11.2. The third-order valence-electron chi connectivity index (χ3n) is 2.86. The zero-order valence-corrected chi connectivity index (χ0v) is 9.39. The fourth-order valence-corrected chi connectivity index (χ4v) is 1.93. The van der Waals surface area contributed by atoms with Gasteiger partial charge >= 0.3 is 0 Å². The number of hydrogen-bond donors (Lipinski definition) is 2. The Hall–Kier alpha value is -0.840. The summed E-state index contributed by atoms with van der Waals surface area (Å²) in [6, 6.07) is 3.56. The predicted molar refractivity (Wildman–Crippen MR) is 60.1 cm³/mol. The Morgan fingerprint density at radius 2 is 2.44 bits per heavy atom. The maximum absolute atomic E-state index is 9.74. The van der Waals surface area contributed by atoms with Crippen LogP contribution in [0, 0.1) is 0 Å². The molecule has 0 bridgehead atoms. The van der Waals surface area contributed by atoms with Crippen LogP contribution in [0.25, 0.3) is 0 Å². The molecule has 1 aromatic heterocycles. The minimum Gasteiger partial charge on any atom is -0.467 e. The molecular formula is C12H19NO3. The van der Waals surface area contributed by atoms with Gasteiger partial charge in [-0.15, -0.1) is 0 Å². The first-order valence-electron chi connectivity index (χ1n) is 5.90. The molecule has 0 aliphatic carbocycles. The van der Waals surface area contributed by atoms with Crippen molar-refractivity contribution in [2.45, 2.75) is 31.5 Å². The molecule has 0 spiro atoms. The highest BCUT2D eigenvalue weighted by Gasteiger charge is 2.15. The van der Waals surface area contributed by atoms with E-state index in [0.29, 0.717) is 18.4 Å². The van der Waals surface area contributed by atoms with Crippen molar-refractivity contribution in [3.63, 3.8) is 0 Å². The van der Waals surface area contributed by atoms with Crippen molar-refractivity contribution < 1.29 is 14.3 Å². The van der Waals surface area contributed by atoms with Crippen molar-refractivity contribution in [1.82, 2.24) is 5.32 Å². The molecule has 2 atom stereocenters. The van der Waals surface area contributed by atoms with E-state index in [1.165, 1.54) is 12.8 Å². The van der Waals surface area contributed by atoms with Gasteiger partial charge in [0.15, 0.2) is 0 Å². The number of hydrogen-bond acceptors (Lipinski definition) is 4. The lowest BCUT2D eigenvalue weighted by atomic mass is 10.1. The van der Waals surface area contributed by atoms with Gasteiger partial charge in [-0.25, -0.2) is 0 Å². The van der Waals surface area contributed by atoms with Crippen molar-refractivity contribution in [2.75, 3.05) is 19.7 Å². The Bertz CT molecular complexity index is 280. The SMILES string of the molecule is OC(CNCC1CCCCO1)c1ccco1. The van der Waals surface area contributed by atoms with Gasteiger partial charge in [0.25, 0.3) is 0 Å². The first-order chi connectivity index (χ1) is 7.86. The molecule has 1 aliphatic rings. The van der Waals surface area contributed by atoms with Crippen molar-refractivity contribution in [3.05, 3.63) is 24.2 Å². The second-order valence-corrected chi connectivity index (χ2v) is 4.18. The molecule has 1 saturated heterocycles. The minimum absolute atomic E-state index is 0.303. The summed E-state index contributed by atoms with van der Waals surface area (Å²) in [7, 11) is 0. The summed E-state index contributed by atoms with van der Waals surface area (Å²) in [5, 5.41) is 12.9. The number of furan rings is 1. The van der Waals surface area contributed by atoms with Crippen molar-refractivity contribution in [3.8, 4) is 0 Å². The van der Waals surface area contributed by atoms with E-state index in [9.17, 15) is 5.11 Å². The van der Waals surface area contributed by atoms with Crippen LogP contribution in [-0.4, -0.2) is 30.9 Å². The molecule has 0 amide bonds. The van der Waals surface area contributed by atoms with E-state index in [0.717, 1.165) is 19.6 Å². The molecule has 2 heterocycles. The molecular weight excluding hydrogens is 206 g/mol. The molecule has 1 aliphatic heterocycles. The number of rotatable bonds is 5. The molecule has 1 aromatic rings. The van der Waals surface area contributed by atoms with Gasteiger partial charge in [0.05, 0.1) is 12.4 Å². The lowest BCUT2D eigenvalue weighted by Gasteiger charge is -2.23.